The Hall–Kier alpha value is -0.0800. The third-order valence-electron chi connectivity index (χ3n) is 3.83. The normalized spacial score (nSPS) is 23.2. The molecule has 0 aliphatic heterocycles. The van der Waals surface area contributed by atoms with E-state index in [1.54, 1.807) is 30.0 Å². The van der Waals surface area contributed by atoms with Crippen LogP contribution < -0.4 is 10.5 Å². The van der Waals surface area contributed by atoms with Gasteiger partial charge in [0.05, 0.1) is 4.90 Å². The number of nitrogens with two attached hydrogens (primary N) is 1. The lowest BCUT2D eigenvalue weighted by molar-refractivity contribution is 0.423. The quantitative estimate of drug-likeness (QED) is 0.807. The Morgan fingerprint density at radius 3 is 2.71 bits per heavy atom. The van der Waals surface area contributed by atoms with Crippen LogP contribution in [0, 0.1) is 0 Å². The summed E-state index contributed by atoms with van der Waals surface area (Å²) in [5, 5.41) is 0.357. The molecule has 7 heteroatoms. The molecule has 118 valence electrons. The van der Waals surface area contributed by atoms with Gasteiger partial charge in [-0.05, 0) is 52.7 Å². The van der Waals surface area contributed by atoms with Crippen LogP contribution in [-0.2, 0) is 16.6 Å². The van der Waals surface area contributed by atoms with Gasteiger partial charge in [0, 0.05) is 22.3 Å². The van der Waals surface area contributed by atoms with Crippen molar-refractivity contribution in [2.24, 2.45) is 5.73 Å². The van der Waals surface area contributed by atoms with Crippen molar-refractivity contribution in [3.8, 4) is 0 Å². The smallest absolute Gasteiger partial charge is 0.241 e. The van der Waals surface area contributed by atoms with E-state index in [1.165, 1.54) is 6.42 Å². The highest BCUT2D eigenvalue weighted by Crippen LogP contribution is 2.29. The van der Waals surface area contributed by atoms with Gasteiger partial charge in [-0.25, -0.2) is 13.1 Å². The molecule has 1 aliphatic carbocycles. The van der Waals surface area contributed by atoms with Gasteiger partial charge in [-0.15, -0.1) is 0 Å². The number of hydrogen-bond acceptors (Lipinski definition) is 4. The number of halogens is 1. The van der Waals surface area contributed by atoms with Gasteiger partial charge >= 0.3 is 0 Å². The molecule has 0 spiro atoms. The van der Waals surface area contributed by atoms with Crippen molar-refractivity contribution in [1.29, 1.82) is 0 Å². The van der Waals surface area contributed by atoms with Crippen LogP contribution in [0.1, 0.15) is 31.2 Å². The molecule has 1 fully saturated rings. The first-order valence-electron chi connectivity index (χ1n) is 7.01. The van der Waals surface area contributed by atoms with Gasteiger partial charge in [-0.1, -0.05) is 18.9 Å². The monoisotopic (exact) mass is 392 g/mol. The minimum Gasteiger partial charge on any atom is -0.326 e. The molecule has 1 aliphatic rings. The van der Waals surface area contributed by atoms with Crippen molar-refractivity contribution in [2.45, 2.75) is 48.4 Å². The molecule has 2 atom stereocenters. The van der Waals surface area contributed by atoms with Crippen molar-refractivity contribution in [1.82, 2.24) is 4.72 Å². The maximum absolute atomic E-state index is 12.6. The molecule has 3 N–H and O–H groups in total. The van der Waals surface area contributed by atoms with E-state index < -0.39 is 10.0 Å². The molecule has 0 heterocycles. The summed E-state index contributed by atoms with van der Waals surface area (Å²) in [6, 6.07) is 5.15. The maximum Gasteiger partial charge on any atom is 0.241 e. The van der Waals surface area contributed by atoms with Gasteiger partial charge in [0.2, 0.25) is 10.0 Å². The van der Waals surface area contributed by atoms with Gasteiger partial charge in [0.25, 0.3) is 0 Å². The Morgan fingerprint density at radius 2 is 2.10 bits per heavy atom. The zero-order valence-corrected chi connectivity index (χ0v) is 15.2. The van der Waals surface area contributed by atoms with Crippen molar-refractivity contribution >= 4 is 37.7 Å². The number of hydrogen-bond donors (Lipinski definition) is 2. The fourth-order valence-electron chi connectivity index (χ4n) is 2.67. The molecule has 0 radical (unpaired) electrons. The molecule has 21 heavy (non-hydrogen) atoms. The number of rotatable bonds is 5. The molecule has 0 amide bonds. The van der Waals surface area contributed by atoms with E-state index in [0.717, 1.165) is 24.8 Å². The Morgan fingerprint density at radius 1 is 1.38 bits per heavy atom. The van der Waals surface area contributed by atoms with E-state index in [4.69, 9.17) is 5.73 Å². The average Bonchev–Trinajstić information content (AvgIpc) is 2.47. The third-order valence-corrected chi connectivity index (χ3v) is 7.47. The standard InChI is InChI=1S/C14H21BrN2O2S2/c1-20-13-5-3-2-4-12(13)17-21(18,19)14-7-6-10(9-16)8-11(14)15/h6-8,12-13,17H,2-5,9,16H2,1H3. The molecular weight excluding hydrogens is 372 g/mol. The summed E-state index contributed by atoms with van der Waals surface area (Å²) in [5.41, 5.74) is 6.48. The topological polar surface area (TPSA) is 72.2 Å². The third kappa shape index (κ3) is 4.22. The second kappa shape index (κ2) is 7.46. The molecule has 4 nitrogen and oxygen atoms in total. The fraction of sp³-hybridized carbons (Fsp3) is 0.571. The minimum absolute atomic E-state index is 0.0137. The summed E-state index contributed by atoms with van der Waals surface area (Å²) in [6.07, 6.45) is 6.28. The van der Waals surface area contributed by atoms with Crippen molar-refractivity contribution in [3.05, 3.63) is 28.2 Å². The summed E-state index contributed by atoms with van der Waals surface area (Å²) < 4.78 is 28.6. The zero-order valence-electron chi connectivity index (χ0n) is 12.0. The van der Waals surface area contributed by atoms with E-state index in [1.807, 2.05) is 6.26 Å². The first-order valence-corrected chi connectivity index (χ1v) is 10.6. The number of thioether (sulfide) groups is 1. The van der Waals surface area contributed by atoms with Crippen molar-refractivity contribution in [3.63, 3.8) is 0 Å². The fourth-order valence-corrected chi connectivity index (χ4v) is 6.12. The van der Waals surface area contributed by atoms with Crippen molar-refractivity contribution in [2.75, 3.05) is 6.26 Å². The van der Waals surface area contributed by atoms with Gasteiger partial charge in [-0.3, -0.25) is 0 Å². The van der Waals surface area contributed by atoms with Crippen LogP contribution in [0.2, 0.25) is 0 Å². The van der Waals surface area contributed by atoms with E-state index in [9.17, 15) is 8.42 Å². The number of nitrogens with one attached hydrogen (secondary N) is 1. The highest BCUT2D eigenvalue weighted by atomic mass is 79.9. The van der Waals surface area contributed by atoms with Gasteiger partial charge in [0.1, 0.15) is 0 Å². The molecule has 0 bridgehead atoms. The number of sulfonamides is 1. The van der Waals surface area contributed by atoms with Crippen LogP contribution in [-0.4, -0.2) is 26.0 Å². The molecule has 1 aromatic rings. The summed E-state index contributed by atoms with van der Waals surface area (Å²) >= 11 is 5.09. The van der Waals surface area contributed by atoms with Crippen LogP contribution in [0.4, 0.5) is 0 Å². The van der Waals surface area contributed by atoms with Crippen molar-refractivity contribution < 1.29 is 8.42 Å². The first-order chi connectivity index (χ1) is 9.97. The molecular formula is C14H21BrN2O2S2. The SMILES string of the molecule is CSC1CCCCC1NS(=O)(=O)c1ccc(CN)cc1Br. The lowest BCUT2D eigenvalue weighted by atomic mass is 9.96. The zero-order chi connectivity index (χ0) is 15.5. The second-order valence-corrected chi connectivity index (χ2v) is 8.87. The first kappa shape index (κ1) is 17.3. The van der Waals surface area contributed by atoms with E-state index in [-0.39, 0.29) is 10.9 Å². The molecule has 0 aromatic heterocycles. The van der Waals surface area contributed by atoms with Gasteiger partial charge in [-0.2, -0.15) is 11.8 Å². The highest BCUT2D eigenvalue weighted by Gasteiger charge is 2.29. The van der Waals surface area contributed by atoms with Gasteiger partial charge < -0.3 is 5.73 Å². The maximum atomic E-state index is 12.6. The summed E-state index contributed by atoms with van der Waals surface area (Å²) in [7, 11) is -3.51. The highest BCUT2D eigenvalue weighted by molar-refractivity contribution is 9.10. The number of benzene rings is 1. The molecule has 1 aromatic carbocycles. The second-order valence-electron chi connectivity index (χ2n) is 5.26. The molecule has 1 saturated carbocycles. The Kier molecular flexibility index (Phi) is 6.14. The predicted octanol–water partition coefficient (Wildman–Crippen LogP) is 2.86. The molecule has 0 saturated heterocycles. The minimum atomic E-state index is -3.51. The van der Waals surface area contributed by atoms with Crippen LogP contribution in [0.25, 0.3) is 0 Å². The summed E-state index contributed by atoms with van der Waals surface area (Å²) in [5.74, 6) is 0. The van der Waals surface area contributed by atoms with E-state index in [2.05, 4.69) is 20.7 Å². The van der Waals surface area contributed by atoms with E-state index in [0.29, 0.717) is 16.3 Å². The van der Waals surface area contributed by atoms with Crippen LogP contribution in [0.5, 0.6) is 0 Å². The van der Waals surface area contributed by atoms with Crippen LogP contribution >= 0.6 is 27.7 Å². The largest absolute Gasteiger partial charge is 0.326 e. The summed E-state index contributed by atoms with van der Waals surface area (Å²) in [6.45, 7) is 0.392. The Labute approximate surface area is 139 Å². The lowest BCUT2D eigenvalue weighted by Gasteiger charge is -2.30. The van der Waals surface area contributed by atoms with Crippen LogP contribution in [0.15, 0.2) is 27.6 Å². The summed E-state index contributed by atoms with van der Waals surface area (Å²) in [4.78, 5) is 0.283. The molecule has 2 rings (SSSR count). The van der Waals surface area contributed by atoms with Gasteiger partial charge in [0.15, 0.2) is 0 Å². The van der Waals surface area contributed by atoms with E-state index >= 15 is 0 Å². The Bertz CT molecular complexity index is 593. The lowest BCUT2D eigenvalue weighted by Crippen LogP contribution is -2.43. The molecule has 2 unspecified atom stereocenters. The average molecular weight is 393 g/mol. The predicted molar refractivity (Wildman–Crippen MR) is 91.9 cm³/mol. The Balaban J connectivity index is 2.21. The van der Waals surface area contributed by atoms with Crippen LogP contribution in [0.3, 0.4) is 0 Å².